The number of hydrogen-bond acceptors (Lipinski definition) is 3. The lowest BCUT2D eigenvalue weighted by molar-refractivity contribution is -0.162. The van der Waals surface area contributed by atoms with Gasteiger partial charge in [-0.3, -0.25) is 4.79 Å². The molecule has 21 heavy (non-hydrogen) atoms. The van der Waals surface area contributed by atoms with Crippen LogP contribution in [-0.2, 0) is 9.53 Å². The number of methoxy groups -OCH3 is 1. The Kier molecular flexibility index (Phi) is 3.68. The molecule has 114 valence electrons. The van der Waals surface area contributed by atoms with E-state index in [1.54, 1.807) is 0 Å². The van der Waals surface area contributed by atoms with Gasteiger partial charge in [0.05, 0.1) is 12.5 Å². The quantitative estimate of drug-likeness (QED) is 0.853. The van der Waals surface area contributed by atoms with E-state index in [9.17, 15) is 4.79 Å². The normalized spacial score (nSPS) is 31.0. The molecule has 0 amide bonds. The predicted molar refractivity (Wildman–Crippen MR) is 84.3 cm³/mol. The van der Waals surface area contributed by atoms with Gasteiger partial charge in [-0.15, -0.1) is 0 Å². The van der Waals surface area contributed by atoms with E-state index in [0.717, 1.165) is 45.1 Å². The monoisotopic (exact) mass is 287 g/mol. The van der Waals surface area contributed by atoms with Crippen LogP contribution >= 0.6 is 0 Å². The Bertz CT molecular complexity index is 513. The number of nitrogens with one attached hydrogen (secondary N) is 1. The largest absolute Gasteiger partial charge is 0.469 e. The Labute approximate surface area is 127 Å². The lowest BCUT2D eigenvalue weighted by atomic mass is 9.53. The molecule has 3 saturated carbocycles. The molecule has 0 unspecified atom stereocenters. The first kappa shape index (κ1) is 14.4. The lowest BCUT2D eigenvalue weighted by Crippen LogP contribution is -2.48. The number of benzene rings is 1. The predicted octanol–water partition coefficient (Wildman–Crippen LogP) is 3.92. The highest BCUT2D eigenvalue weighted by atomic mass is 16.5. The van der Waals surface area contributed by atoms with Crippen molar-refractivity contribution in [3.8, 4) is 0 Å². The highest BCUT2D eigenvalue weighted by molar-refractivity contribution is 5.77. The number of rotatable bonds is 4. The first-order valence-electron chi connectivity index (χ1n) is 7.97. The van der Waals surface area contributed by atoms with Crippen molar-refractivity contribution in [2.45, 2.75) is 45.4 Å². The van der Waals surface area contributed by atoms with E-state index in [1.807, 2.05) is 0 Å². The summed E-state index contributed by atoms with van der Waals surface area (Å²) in [5.74, 6) is 0.0162. The molecule has 3 heteroatoms. The molecular formula is C18H25NO2. The van der Waals surface area contributed by atoms with E-state index in [-0.39, 0.29) is 11.4 Å². The van der Waals surface area contributed by atoms with Crippen molar-refractivity contribution in [2.24, 2.45) is 10.8 Å². The smallest absolute Gasteiger partial charge is 0.311 e. The molecular weight excluding hydrogens is 262 g/mol. The van der Waals surface area contributed by atoms with Gasteiger partial charge in [0, 0.05) is 12.2 Å². The molecule has 1 N–H and O–H groups in total. The molecule has 0 radical (unpaired) electrons. The molecule has 3 aliphatic rings. The van der Waals surface area contributed by atoms with Gasteiger partial charge in [-0.1, -0.05) is 12.1 Å². The van der Waals surface area contributed by atoms with Crippen LogP contribution in [0.3, 0.4) is 0 Å². The van der Waals surface area contributed by atoms with Crippen LogP contribution in [0.1, 0.15) is 44.1 Å². The summed E-state index contributed by atoms with van der Waals surface area (Å²) < 4.78 is 5.03. The summed E-state index contributed by atoms with van der Waals surface area (Å²) in [5, 5.41) is 3.61. The number of ether oxygens (including phenoxy) is 1. The van der Waals surface area contributed by atoms with Crippen LogP contribution in [0.15, 0.2) is 24.3 Å². The van der Waals surface area contributed by atoms with Gasteiger partial charge in [0.15, 0.2) is 0 Å². The molecule has 1 aromatic carbocycles. The van der Waals surface area contributed by atoms with Gasteiger partial charge >= 0.3 is 5.97 Å². The van der Waals surface area contributed by atoms with E-state index < -0.39 is 0 Å². The maximum Gasteiger partial charge on any atom is 0.311 e. The molecule has 0 saturated heterocycles. The van der Waals surface area contributed by atoms with E-state index in [0.29, 0.717) is 5.41 Å². The first-order chi connectivity index (χ1) is 10.1. The standard InChI is InChI=1S/C18H25NO2/c1-14-4-3-5-15(12-14)19-13-17-6-9-18(10-7-17,11-8-17)16(20)21-2/h3-5,12,19H,6-11,13H2,1-2H3. The maximum absolute atomic E-state index is 12.0. The Morgan fingerprint density at radius 1 is 1.19 bits per heavy atom. The second-order valence-corrected chi connectivity index (χ2v) is 6.99. The summed E-state index contributed by atoms with van der Waals surface area (Å²) in [5.41, 5.74) is 2.70. The molecule has 3 nitrogen and oxygen atoms in total. The molecule has 0 spiro atoms. The number of hydrogen-bond donors (Lipinski definition) is 1. The molecule has 0 atom stereocenters. The summed E-state index contributed by atoms with van der Waals surface area (Å²) in [6.45, 7) is 3.14. The fourth-order valence-electron chi connectivity index (χ4n) is 4.10. The van der Waals surface area contributed by atoms with Gasteiger partial charge in [0.2, 0.25) is 0 Å². The van der Waals surface area contributed by atoms with Crippen LogP contribution < -0.4 is 5.32 Å². The van der Waals surface area contributed by atoms with Gasteiger partial charge < -0.3 is 10.1 Å². The van der Waals surface area contributed by atoms with Crippen LogP contribution in [0.2, 0.25) is 0 Å². The van der Waals surface area contributed by atoms with Crippen LogP contribution in [0.5, 0.6) is 0 Å². The summed E-state index contributed by atoms with van der Waals surface area (Å²) in [6.07, 6.45) is 6.41. The Morgan fingerprint density at radius 3 is 2.43 bits per heavy atom. The fourth-order valence-corrected chi connectivity index (χ4v) is 4.10. The van der Waals surface area contributed by atoms with E-state index in [4.69, 9.17) is 4.74 Å². The van der Waals surface area contributed by atoms with Crippen molar-refractivity contribution in [1.82, 2.24) is 0 Å². The van der Waals surface area contributed by atoms with Crippen LogP contribution in [0, 0.1) is 17.8 Å². The fraction of sp³-hybridized carbons (Fsp3) is 0.611. The lowest BCUT2D eigenvalue weighted by Gasteiger charge is -2.52. The summed E-state index contributed by atoms with van der Waals surface area (Å²) in [6, 6.07) is 8.55. The molecule has 0 aliphatic heterocycles. The second kappa shape index (κ2) is 5.36. The molecule has 3 fully saturated rings. The summed E-state index contributed by atoms with van der Waals surface area (Å²) >= 11 is 0. The van der Waals surface area contributed by atoms with Crippen molar-refractivity contribution < 1.29 is 9.53 Å². The average Bonchev–Trinajstić information content (AvgIpc) is 2.54. The molecule has 0 heterocycles. The van der Waals surface area contributed by atoms with Crippen molar-refractivity contribution in [3.05, 3.63) is 29.8 Å². The van der Waals surface area contributed by atoms with Crippen LogP contribution in [0.25, 0.3) is 0 Å². The zero-order chi connectivity index (χ0) is 14.9. The van der Waals surface area contributed by atoms with Crippen molar-refractivity contribution >= 4 is 11.7 Å². The van der Waals surface area contributed by atoms with Gasteiger partial charge in [-0.05, 0) is 68.6 Å². The molecule has 4 rings (SSSR count). The van der Waals surface area contributed by atoms with E-state index >= 15 is 0 Å². The highest BCUT2D eigenvalue weighted by Gasteiger charge is 2.52. The summed E-state index contributed by atoms with van der Waals surface area (Å²) in [7, 11) is 1.52. The second-order valence-electron chi connectivity index (χ2n) is 6.99. The number of fused-ring (bicyclic) bond motifs is 3. The van der Waals surface area contributed by atoms with Crippen LogP contribution in [-0.4, -0.2) is 19.6 Å². The minimum atomic E-state index is -0.167. The molecule has 2 bridgehead atoms. The third kappa shape index (κ3) is 2.66. The van der Waals surface area contributed by atoms with Crippen LogP contribution in [0.4, 0.5) is 5.69 Å². The van der Waals surface area contributed by atoms with Crippen molar-refractivity contribution in [3.63, 3.8) is 0 Å². The molecule has 1 aromatic rings. The van der Waals surface area contributed by atoms with E-state index in [2.05, 4.69) is 36.5 Å². The number of aryl methyl sites for hydroxylation is 1. The Hall–Kier alpha value is -1.51. The average molecular weight is 287 g/mol. The topological polar surface area (TPSA) is 38.3 Å². The zero-order valence-electron chi connectivity index (χ0n) is 13.1. The summed E-state index contributed by atoms with van der Waals surface area (Å²) in [4.78, 5) is 12.0. The Balaban J connectivity index is 1.63. The molecule has 0 aromatic heterocycles. The number of carbonyl (C=O) groups is 1. The number of esters is 1. The van der Waals surface area contributed by atoms with Gasteiger partial charge in [0.25, 0.3) is 0 Å². The Morgan fingerprint density at radius 2 is 1.86 bits per heavy atom. The third-order valence-corrected chi connectivity index (χ3v) is 5.71. The van der Waals surface area contributed by atoms with Gasteiger partial charge in [-0.2, -0.15) is 0 Å². The highest BCUT2D eigenvalue weighted by Crippen LogP contribution is 2.57. The molecule has 3 aliphatic carbocycles. The minimum absolute atomic E-state index is 0.0162. The van der Waals surface area contributed by atoms with Crippen molar-refractivity contribution in [2.75, 3.05) is 19.0 Å². The number of anilines is 1. The number of carbonyl (C=O) groups excluding carboxylic acids is 1. The van der Waals surface area contributed by atoms with Gasteiger partial charge in [0.1, 0.15) is 0 Å². The SMILES string of the molecule is COC(=O)C12CCC(CNc3cccc(C)c3)(CC1)CC2. The zero-order valence-corrected chi connectivity index (χ0v) is 13.1. The van der Waals surface area contributed by atoms with Gasteiger partial charge in [-0.25, -0.2) is 0 Å². The minimum Gasteiger partial charge on any atom is -0.469 e. The van der Waals surface area contributed by atoms with E-state index in [1.165, 1.54) is 18.4 Å². The first-order valence-corrected chi connectivity index (χ1v) is 7.97. The maximum atomic E-state index is 12.0. The third-order valence-electron chi connectivity index (χ3n) is 5.71. The van der Waals surface area contributed by atoms with Crippen molar-refractivity contribution in [1.29, 1.82) is 0 Å².